The normalized spacial score (nSPS) is 11.4. The van der Waals surface area contributed by atoms with Crippen LogP contribution in [0.1, 0.15) is 23.6 Å². The van der Waals surface area contributed by atoms with Crippen molar-refractivity contribution in [2.24, 2.45) is 0 Å². The van der Waals surface area contributed by atoms with Crippen LogP contribution in [0, 0.1) is 5.82 Å². The standard InChI is InChI=1S/C17H15FO2/c1-2-12-7-9-13(10-8-12)11-15(17(19)20)14-5-3-4-6-16(14)18/h3-11H,2H2,1H3,(H,19,20)/b15-11+. The van der Waals surface area contributed by atoms with Gasteiger partial charge in [0.15, 0.2) is 0 Å². The first-order valence-corrected chi connectivity index (χ1v) is 6.40. The average molecular weight is 270 g/mol. The Morgan fingerprint density at radius 2 is 1.80 bits per heavy atom. The van der Waals surface area contributed by atoms with Gasteiger partial charge in [0.2, 0.25) is 0 Å². The highest BCUT2D eigenvalue weighted by molar-refractivity contribution is 6.20. The van der Waals surface area contributed by atoms with Crippen LogP contribution in [0.4, 0.5) is 4.39 Å². The Hall–Kier alpha value is -2.42. The number of rotatable bonds is 4. The van der Waals surface area contributed by atoms with E-state index in [1.54, 1.807) is 6.07 Å². The molecule has 3 heteroatoms. The van der Waals surface area contributed by atoms with Gasteiger partial charge in [0, 0.05) is 5.56 Å². The molecule has 2 rings (SSSR count). The molecule has 2 nitrogen and oxygen atoms in total. The van der Waals surface area contributed by atoms with Gasteiger partial charge >= 0.3 is 5.97 Å². The number of aliphatic carboxylic acids is 1. The van der Waals surface area contributed by atoms with Gasteiger partial charge < -0.3 is 5.11 Å². The van der Waals surface area contributed by atoms with E-state index in [1.807, 2.05) is 31.2 Å². The molecule has 20 heavy (non-hydrogen) atoms. The van der Waals surface area contributed by atoms with Crippen LogP contribution in [0.3, 0.4) is 0 Å². The first kappa shape index (κ1) is 14.0. The van der Waals surface area contributed by atoms with Crippen molar-refractivity contribution in [3.05, 3.63) is 71.0 Å². The molecule has 0 saturated heterocycles. The molecule has 0 unspecified atom stereocenters. The minimum Gasteiger partial charge on any atom is -0.478 e. The van der Waals surface area contributed by atoms with Crippen LogP contribution in [0.15, 0.2) is 48.5 Å². The summed E-state index contributed by atoms with van der Waals surface area (Å²) in [7, 11) is 0. The molecule has 0 amide bonds. The van der Waals surface area contributed by atoms with E-state index in [2.05, 4.69) is 0 Å². The van der Waals surface area contributed by atoms with E-state index in [1.165, 1.54) is 29.8 Å². The highest BCUT2D eigenvalue weighted by atomic mass is 19.1. The summed E-state index contributed by atoms with van der Waals surface area (Å²) in [5, 5.41) is 9.28. The molecule has 0 heterocycles. The Balaban J connectivity index is 2.45. The molecule has 0 bridgehead atoms. The van der Waals surface area contributed by atoms with Crippen LogP contribution in [-0.4, -0.2) is 11.1 Å². The molecular weight excluding hydrogens is 255 g/mol. The van der Waals surface area contributed by atoms with Gasteiger partial charge in [-0.05, 0) is 29.7 Å². The monoisotopic (exact) mass is 270 g/mol. The molecule has 0 fully saturated rings. The predicted molar refractivity (Wildman–Crippen MR) is 77.7 cm³/mol. The van der Waals surface area contributed by atoms with E-state index < -0.39 is 11.8 Å². The van der Waals surface area contributed by atoms with Gasteiger partial charge in [-0.3, -0.25) is 0 Å². The summed E-state index contributed by atoms with van der Waals surface area (Å²) >= 11 is 0. The SMILES string of the molecule is CCc1ccc(/C=C(/C(=O)O)c2ccccc2F)cc1. The van der Waals surface area contributed by atoms with Gasteiger partial charge in [-0.15, -0.1) is 0 Å². The third-order valence-corrected chi connectivity index (χ3v) is 3.09. The van der Waals surface area contributed by atoms with Gasteiger partial charge in [-0.2, -0.15) is 0 Å². The molecule has 0 aliphatic heterocycles. The van der Waals surface area contributed by atoms with Gasteiger partial charge in [0.1, 0.15) is 5.82 Å². The van der Waals surface area contributed by atoms with Gasteiger partial charge in [0.05, 0.1) is 5.57 Å². The number of aryl methyl sites for hydroxylation is 1. The maximum Gasteiger partial charge on any atom is 0.336 e. The zero-order valence-electron chi connectivity index (χ0n) is 11.1. The summed E-state index contributed by atoms with van der Waals surface area (Å²) in [6.07, 6.45) is 2.41. The molecular formula is C17H15FO2. The quantitative estimate of drug-likeness (QED) is 0.673. The first-order chi connectivity index (χ1) is 9.61. The molecule has 2 aromatic rings. The lowest BCUT2D eigenvalue weighted by Gasteiger charge is -2.05. The Morgan fingerprint density at radius 3 is 2.35 bits per heavy atom. The van der Waals surface area contributed by atoms with Crippen molar-refractivity contribution in [1.29, 1.82) is 0 Å². The molecule has 0 aliphatic carbocycles. The third kappa shape index (κ3) is 3.12. The van der Waals surface area contributed by atoms with E-state index >= 15 is 0 Å². The Kier molecular flexibility index (Phi) is 4.31. The third-order valence-electron chi connectivity index (χ3n) is 3.09. The number of hydrogen-bond acceptors (Lipinski definition) is 1. The van der Waals surface area contributed by atoms with Crippen molar-refractivity contribution in [3.8, 4) is 0 Å². The molecule has 0 radical (unpaired) electrons. The van der Waals surface area contributed by atoms with E-state index in [4.69, 9.17) is 0 Å². The lowest BCUT2D eigenvalue weighted by atomic mass is 10.0. The summed E-state index contributed by atoms with van der Waals surface area (Å²) in [5.74, 6) is -1.68. The van der Waals surface area contributed by atoms with Crippen LogP contribution in [0.5, 0.6) is 0 Å². The first-order valence-electron chi connectivity index (χ1n) is 6.40. The topological polar surface area (TPSA) is 37.3 Å². The number of carboxylic acids is 1. The smallest absolute Gasteiger partial charge is 0.336 e. The molecule has 0 atom stereocenters. The number of halogens is 1. The van der Waals surface area contributed by atoms with E-state index in [9.17, 15) is 14.3 Å². The second-order valence-electron chi connectivity index (χ2n) is 4.44. The van der Waals surface area contributed by atoms with Crippen molar-refractivity contribution in [1.82, 2.24) is 0 Å². The maximum atomic E-state index is 13.7. The Labute approximate surface area is 117 Å². The highest BCUT2D eigenvalue weighted by Crippen LogP contribution is 2.21. The van der Waals surface area contributed by atoms with Crippen molar-refractivity contribution in [2.45, 2.75) is 13.3 Å². The second kappa shape index (κ2) is 6.15. The molecule has 0 aliphatic rings. The molecule has 0 spiro atoms. The molecule has 0 saturated carbocycles. The minimum atomic E-state index is -1.14. The van der Waals surface area contributed by atoms with Gasteiger partial charge in [-0.1, -0.05) is 49.4 Å². The maximum absolute atomic E-state index is 13.7. The lowest BCUT2D eigenvalue weighted by molar-refractivity contribution is -0.130. The lowest BCUT2D eigenvalue weighted by Crippen LogP contribution is -2.01. The molecule has 2 aromatic carbocycles. The predicted octanol–water partition coefficient (Wildman–Crippen LogP) is 4.01. The number of carboxylic acid groups (broad SMARTS) is 1. The van der Waals surface area contributed by atoms with E-state index in [0.717, 1.165) is 12.0 Å². The number of carbonyl (C=O) groups is 1. The van der Waals surface area contributed by atoms with Crippen LogP contribution < -0.4 is 0 Å². The average Bonchev–Trinajstić information content (AvgIpc) is 2.46. The van der Waals surface area contributed by atoms with Crippen LogP contribution in [0.2, 0.25) is 0 Å². The fourth-order valence-corrected chi connectivity index (χ4v) is 1.95. The molecule has 0 aromatic heterocycles. The van der Waals surface area contributed by atoms with Crippen molar-refractivity contribution < 1.29 is 14.3 Å². The van der Waals surface area contributed by atoms with Crippen molar-refractivity contribution >= 4 is 17.6 Å². The van der Waals surface area contributed by atoms with Crippen molar-refractivity contribution in [2.75, 3.05) is 0 Å². The molecule has 102 valence electrons. The zero-order chi connectivity index (χ0) is 14.5. The second-order valence-corrected chi connectivity index (χ2v) is 4.44. The van der Waals surface area contributed by atoms with Crippen molar-refractivity contribution in [3.63, 3.8) is 0 Å². The summed E-state index contributed by atoms with van der Waals surface area (Å²) in [4.78, 5) is 11.3. The number of benzene rings is 2. The summed E-state index contributed by atoms with van der Waals surface area (Å²) < 4.78 is 13.7. The summed E-state index contributed by atoms with van der Waals surface area (Å²) in [6.45, 7) is 2.05. The van der Waals surface area contributed by atoms with Gasteiger partial charge in [-0.25, -0.2) is 9.18 Å². The Morgan fingerprint density at radius 1 is 1.15 bits per heavy atom. The highest BCUT2D eigenvalue weighted by Gasteiger charge is 2.14. The van der Waals surface area contributed by atoms with E-state index in [0.29, 0.717) is 0 Å². The van der Waals surface area contributed by atoms with Gasteiger partial charge in [0.25, 0.3) is 0 Å². The van der Waals surface area contributed by atoms with E-state index in [-0.39, 0.29) is 11.1 Å². The summed E-state index contributed by atoms with van der Waals surface area (Å²) in [6, 6.07) is 13.4. The Bertz CT molecular complexity index is 642. The zero-order valence-corrected chi connectivity index (χ0v) is 11.1. The summed E-state index contributed by atoms with van der Waals surface area (Å²) in [5.41, 5.74) is 1.96. The largest absolute Gasteiger partial charge is 0.478 e. The minimum absolute atomic E-state index is 0.0488. The van der Waals surface area contributed by atoms with Crippen LogP contribution in [-0.2, 0) is 11.2 Å². The van der Waals surface area contributed by atoms with Crippen LogP contribution >= 0.6 is 0 Å². The number of hydrogen-bond donors (Lipinski definition) is 1. The van der Waals surface area contributed by atoms with Crippen LogP contribution in [0.25, 0.3) is 11.6 Å². The fourth-order valence-electron chi connectivity index (χ4n) is 1.95. The fraction of sp³-hybridized carbons (Fsp3) is 0.118. The molecule has 1 N–H and O–H groups in total.